The highest BCUT2D eigenvalue weighted by atomic mass is 19.1. The van der Waals surface area contributed by atoms with E-state index in [1.54, 1.807) is 12.1 Å². The van der Waals surface area contributed by atoms with E-state index >= 15 is 0 Å². The van der Waals surface area contributed by atoms with Gasteiger partial charge in [0.15, 0.2) is 0 Å². The number of rotatable bonds is 2. The molecule has 96 valence electrons. The predicted octanol–water partition coefficient (Wildman–Crippen LogP) is 1.85. The molecule has 0 saturated heterocycles. The minimum Gasteiger partial charge on any atom is -0.468 e. The summed E-state index contributed by atoms with van der Waals surface area (Å²) in [6.07, 6.45) is 2.51. The van der Waals surface area contributed by atoms with Gasteiger partial charge in [0.1, 0.15) is 11.7 Å². The molecule has 1 heterocycles. The molecule has 1 aliphatic rings. The molecule has 1 aliphatic carbocycles. The van der Waals surface area contributed by atoms with Gasteiger partial charge in [0.25, 0.3) is 0 Å². The van der Waals surface area contributed by atoms with E-state index in [-0.39, 0.29) is 18.1 Å². The average molecular weight is 251 g/mol. The van der Waals surface area contributed by atoms with Crippen molar-refractivity contribution in [3.63, 3.8) is 0 Å². The lowest BCUT2D eigenvalue weighted by Crippen LogP contribution is -2.31. The Hall–Kier alpha value is -1.78. The van der Waals surface area contributed by atoms with Gasteiger partial charge >= 0.3 is 5.97 Å². The Morgan fingerprint density at radius 1 is 1.56 bits per heavy atom. The number of hydrogen-bond acceptors (Lipinski definition) is 4. The minimum absolute atomic E-state index is 0.123. The molecule has 2 atom stereocenters. The van der Waals surface area contributed by atoms with Crippen LogP contribution in [0.4, 0.5) is 4.39 Å². The van der Waals surface area contributed by atoms with Crippen molar-refractivity contribution >= 4 is 11.8 Å². The summed E-state index contributed by atoms with van der Waals surface area (Å²) >= 11 is 0. The van der Waals surface area contributed by atoms with Crippen LogP contribution in [0.3, 0.4) is 0 Å². The fourth-order valence-corrected chi connectivity index (χ4v) is 2.38. The lowest BCUT2D eigenvalue weighted by molar-refractivity contribution is -0.150. The molecule has 1 aromatic rings. The average Bonchev–Trinajstić information content (AvgIpc) is 2.39. The van der Waals surface area contributed by atoms with Gasteiger partial charge in [-0.25, -0.2) is 4.98 Å². The van der Waals surface area contributed by atoms with Crippen molar-refractivity contribution in [1.29, 1.82) is 0 Å². The zero-order valence-electron chi connectivity index (χ0n) is 10.1. The van der Waals surface area contributed by atoms with Gasteiger partial charge < -0.3 is 4.74 Å². The van der Waals surface area contributed by atoms with Gasteiger partial charge in [0, 0.05) is 18.2 Å². The summed E-state index contributed by atoms with van der Waals surface area (Å²) in [7, 11) is 1.25. The van der Waals surface area contributed by atoms with Crippen LogP contribution in [0.15, 0.2) is 18.3 Å². The van der Waals surface area contributed by atoms with Crippen molar-refractivity contribution in [2.75, 3.05) is 7.11 Å². The number of carbonyl (C=O) groups excluding carboxylic acids is 2. The van der Waals surface area contributed by atoms with Gasteiger partial charge in [-0.1, -0.05) is 6.07 Å². The number of esters is 1. The lowest BCUT2D eigenvalue weighted by Gasteiger charge is -2.26. The first-order valence-corrected chi connectivity index (χ1v) is 5.84. The van der Waals surface area contributed by atoms with E-state index in [9.17, 15) is 14.0 Å². The van der Waals surface area contributed by atoms with E-state index < -0.39 is 17.8 Å². The molecule has 2 unspecified atom stereocenters. The van der Waals surface area contributed by atoms with E-state index in [1.807, 2.05) is 0 Å². The summed E-state index contributed by atoms with van der Waals surface area (Å²) in [5, 5.41) is 0. The first kappa shape index (κ1) is 12.7. The maximum atomic E-state index is 13.6. The first-order chi connectivity index (χ1) is 8.63. The summed E-state index contributed by atoms with van der Waals surface area (Å²) in [6, 6.07) is 3.30. The zero-order chi connectivity index (χ0) is 13.1. The molecule has 0 aromatic carbocycles. The van der Waals surface area contributed by atoms with E-state index in [0.29, 0.717) is 18.4 Å². The predicted molar refractivity (Wildman–Crippen MR) is 61.3 cm³/mol. The molecule has 1 aromatic heterocycles. The quantitative estimate of drug-likeness (QED) is 0.457. The van der Waals surface area contributed by atoms with Crippen LogP contribution < -0.4 is 0 Å². The van der Waals surface area contributed by atoms with Crippen molar-refractivity contribution in [3.8, 4) is 0 Å². The summed E-state index contributed by atoms with van der Waals surface area (Å²) in [5.41, 5.74) is 0.471. The molecule has 0 aliphatic heterocycles. The molecule has 0 amide bonds. The molecule has 0 N–H and O–H groups in total. The van der Waals surface area contributed by atoms with Gasteiger partial charge in [-0.15, -0.1) is 0 Å². The zero-order valence-corrected chi connectivity index (χ0v) is 10.1. The number of Topliss-reactive ketones (excluding diaryl/α,β-unsaturated/α-hetero) is 1. The van der Waals surface area contributed by atoms with Crippen LogP contribution in [-0.4, -0.2) is 23.8 Å². The Morgan fingerprint density at radius 2 is 2.33 bits per heavy atom. The molecule has 4 nitrogen and oxygen atoms in total. The normalized spacial score (nSPS) is 23.8. The lowest BCUT2D eigenvalue weighted by atomic mass is 9.77. The van der Waals surface area contributed by atoms with Crippen LogP contribution >= 0.6 is 0 Å². The van der Waals surface area contributed by atoms with Crippen LogP contribution in [0.1, 0.15) is 30.7 Å². The van der Waals surface area contributed by atoms with Crippen molar-refractivity contribution in [3.05, 3.63) is 29.8 Å². The first-order valence-electron chi connectivity index (χ1n) is 5.84. The van der Waals surface area contributed by atoms with Crippen molar-refractivity contribution in [1.82, 2.24) is 4.98 Å². The van der Waals surface area contributed by atoms with Crippen molar-refractivity contribution in [2.24, 2.45) is 5.92 Å². The molecular weight excluding hydrogens is 237 g/mol. The Kier molecular flexibility index (Phi) is 3.69. The van der Waals surface area contributed by atoms with Gasteiger partial charge in [-0.05, 0) is 24.8 Å². The van der Waals surface area contributed by atoms with Gasteiger partial charge in [0.2, 0.25) is 5.95 Å². The van der Waals surface area contributed by atoms with E-state index in [4.69, 9.17) is 0 Å². The van der Waals surface area contributed by atoms with Crippen LogP contribution in [0, 0.1) is 11.9 Å². The Bertz CT molecular complexity index is 467. The van der Waals surface area contributed by atoms with E-state index in [2.05, 4.69) is 9.72 Å². The van der Waals surface area contributed by atoms with Crippen LogP contribution in [0.2, 0.25) is 0 Å². The van der Waals surface area contributed by atoms with Crippen LogP contribution in [0.25, 0.3) is 0 Å². The molecule has 1 saturated carbocycles. The molecule has 1 fully saturated rings. The summed E-state index contributed by atoms with van der Waals surface area (Å²) < 4.78 is 18.2. The van der Waals surface area contributed by atoms with Gasteiger partial charge in [-0.3, -0.25) is 9.59 Å². The highest BCUT2D eigenvalue weighted by Crippen LogP contribution is 2.35. The monoisotopic (exact) mass is 251 g/mol. The molecule has 2 rings (SSSR count). The number of carbonyl (C=O) groups is 2. The standard InChI is InChI=1S/C13H14FNO3/c1-18-13(17)10-7-8(4-5-11(10)16)9-3-2-6-15-12(9)14/h2-3,6,8,10H,4-5,7H2,1H3. The number of halogens is 1. The molecule has 18 heavy (non-hydrogen) atoms. The van der Waals surface area contributed by atoms with Gasteiger partial charge in [0.05, 0.1) is 7.11 Å². The number of ether oxygens (including phenoxy) is 1. The number of hydrogen-bond donors (Lipinski definition) is 0. The highest BCUT2D eigenvalue weighted by molar-refractivity contribution is 5.99. The van der Waals surface area contributed by atoms with Crippen LogP contribution in [-0.2, 0) is 14.3 Å². The van der Waals surface area contributed by atoms with Crippen molar-refractivity contribution in [2.45, 2.75) is 25.2 Å². The second kappa shape index (κ2) is 5.25. The largest absolute Gasteiger partial charge is 0.468 e. The summed E-state index contributed by atoms with van der Waals surface area (Å²) in [4.78, 5) is 26.7. The Balaban J connectivity index is 2.20. The fraction of sp³-hybridized carbons (Fsp3) is 0.462. The summed E-state index contributed by atoms with van der Waals surface area (Å²) in [5.74, 6) is -2.11. The number of methoxy groups -OCH3 is 1. The second-order valence-electron chi connectivity index (χ2n) is 4.40. The highest BCUT2D eigenvalue weighted by Gasteiger charge is 2.36. The molecule has 5 heteroatoms. The van der Waals surface area contributed by atoms with E-state index in [0.717, 1.165) is 0 Å². The van der Waals surface area contributed by atoms with Crippen LogP contribution in [0.5, 0.6) is 0 Å². The second-order valence-corrected chi connectivity index (χ2v) is 4.40. The molecule has 0 bridgehead atoms. The molecule has 0 spiro atoms. The SMILES string of the molecule is COC(=O)C1CC(c2cccnc2F)CCC1=O. The maximum Gasteiger partial charge on any atom is 0.316 e. The molecular formula is C13H14FNO3. The minimum atomic E-state index is -0.770. The third-order valence-corrected chi connectivity index (χ3v) is 3.36. The third-order valence-electron chi connectivity index (χ3n) is 3.36. The maximum absolute atomic E-state index is 13.6. The Morgan fingerprint density at radius 3 is 3.00 bits per heavy atom. The smallest absolute Gasteiger partial charge is 0.316 e. The summed E-state index contributed by atoms with van der Waals surface area (Å²) in [6.45, 7) is 0. The number of aromatic nitrogens is 1. The number of nitrogens with zero attached hydrogens (tertiary/aromatic N) is 1. The van der Waals surface area contributed by atoms with E-state index in [1.165, 1.54) is 13.3 Å². The Labute approximate surface area is 104 Å². The third kappa shape index (κ3) is 2.39. The number of pyridine rings is 1. The molecule has 0 radical (unpaired) electrons. The van der Waals surface area contributed by atoms with Crippen molar-refractivity contribution < 1.29 is 18.7 Å². The van der Waals surface area contributed by atoms with Gasteiger partial charge in [-0.2, -0.15) is 4.39 Å². The fourth-order valence-electron chi connectivity index (χ4n) is 2.38. The number of ketones is 1. The topological polar surface area (TPSA) is 56.3 Å².